The molecule has 1 heterocycles. The van der Waals surface area contributed by atoms with Crippen LogP contribution in [0.1, 0.15) is 46.0 Å². The van der Waals surface area contributed by atoms with Crippen molar-refractivity contribution in [3.63, 3.8) is 0 Å². The highest BCUT2D eigenvalue weighted by atomic mass is 16.6. The van der Waals surface area contributed by atoms with Crippen molar-refractivity contribution in [1.29, 1.82) is 0 Å². The van der Waals surface area contributed by atoms with Crippen LogP contribution in [0.5, 0.6) is 0 Å². The van der Waals surface area contributed by atoms with Crippen LogP contribution in [0.4, 0.5) is 4.79 Å². The van der Waals surface area contributed by atoms with Gasteiger partial charge in [0.05, 0.1) is 6.54 Å². The van der Waals surface area contributed by atoms with E-state index in [0.29, 0.717) is 12.6 Å². The van der Waals surface area contributed by atoms with Crippen molar-refractivity contribution >= 4 is 6.09 Å². The summed E-state index contributed by atoms with van der Waals surface area (Å²) in [5, 5.41) is 0. The van der Waals surface area contributed by atoms with Gasteiger partial charge in [-0.15, -0.1) is 0 Å². The first-order chi connectivity index (χ1) is 6.75. The van der Waals surface area contributed by atoms with Gasteiger partial charge < -0.3 is 9.64 Å². The number of amides is 1. The second-order valence-corrected chi connectivity index (χ2v) is 4.01. The van der Waals surface area contributed by atoms with E-state index in [-0.39, 0.29) is 6.09 Å². The number of cyclic esters (lactones) is 1. The highest BCUT2D eigenvalue weighted by molar-refractivity contribution is 5.69. The molecule has 1 atom stereocenters. The minimum atomic E-state index is -0.131. The lowest BCUT2D eigenvalue weighted by Gasteiger charge is -2.21. The van der Waals surface area contributed by atoms with Crippen LogP contribution < -0.4 is 0 Å². The van der Waals surface area contributed by atoms with Crippen molar-refractivity contribution in [2.75, 3.05) is 13.2 Å². The summed E-state index contributed by atoms with van der Waals surface area (Å²) in [6.07, 6.45) is 6.04. The molecule has 3 heteroatoms. The lowest BCUT2D eigenvalue weighted by Crippen LogP contribution is -2.33. The van der Waals surface area contributed by atoms with E-state index in [1.807, 2.05) is 4.90 Å². The van der Waals surface area contributed by atoms with Crippen molar-refractivity contribution in [2.45, 2.75) is 52.0 Å². The molecular formula is C11H21NO2. The lowest BCUT2D eigenvalue weighted by atomic mass is 10.1. The van der Waals surface area contributed by atoms with E-state index in [9.17, 15) is 4.79 Å². The van der Waals surface area contributed by atoms with Crippen molar-refractivity contribution in [2.24, 2.45) is 0 Å². The molecule has 1 amide bonds. The number of hydrogen-bond donors (Lipinski definition) is 0. The molecule has 0 bridgehead atoms. The van der Waals surface area contributed by atoms with Crippen LogP contribution in [-0.4, -0.2) is 30.2 Å². The molecule has 82 valence electrons. The van der Waals surface area contributed by atoms with Crippen LogP contribution in [0, 0.1) is 0 Å². The molecule has 0 spiro atoms. The van der Waals surface area contributed by atoms with Gasteiger partial charge in [0.15, 0.2) is 0 Å². The molecule has 0 N–H and O–H groups in total. The Balaban J connectivity index is 2.14. The summed E-state index contributed by atoms with van der Waals surface area (Å²) in [4.78, 5) is 13.0. The van der Waals surface area contributed by atoms with Gasteiger partial charge in [0, 0.05) is 6.04 Å². The average molecular weight is 199 g/mol. The first-order valence-electron chi connectivity index (χ1n) is 5.69. The third-order valence-electron chi connectivity index (χ3n) is 2.80. The van der Waals surface area contributed by atoms with Gasteiger partial charge in [-0.3, -0.25) is 0 Å². The Bertz CT molecular complexity index is 182. The molecule has 1 aliphatic rings. The predicted octanol–water partition coefficient (Wildman–Crippen LogP) is 2.80. The maximum atomic E-state index is 11.2. The van der Waals surface area contributed by atoms with Crippen LogP contribution in [0.3, 0.4) is 0 Å². The van der Waals surface area contributed by atoms with Gasteiger partial charge >= 0.3 is 6.09 Å². The summed E-state index contributed by atoms with van der Waals surface area (Å²) in [7, 11) is 0. The maximum absolute atomic E-state index is 11.2. The SMILES string of the molecule is CCCCCCC(C)N1CCOC1=O. The zero-order valence-corrected chi connectivity index (χ0v) is 9.29. The summed E-state index contributed by atoms with van der Waals surface area (Å²) in [5.74, 6) is 0. The molecule has 0 radical (unpaired) electrons. The van der Waals surface area contributed by atoms with Crippen molar-refractivity contribution in [3.8, 4) is 0 Å². The van der Waals surface area contributed by atoms with Gasteiger partial charge in [-0.2, -0.15) is 0 Å². The predicted molar refractivity (Wildman–Crippen MR) is 56.3 cm³/mol. The Kier molecular flexibility index (Phi) is 4.77. The Morgan fingerprint density at radius 2 is 2.21 bits per heavy atom. The molecule has 1 unspecified atom stereocenters. The van der Waals surface area contributed by atoms with E-state index in [4.69, 9.17) is 4.74 Å². The van der Waals surface area contributed by atoms with Gasteiger partial charge in [0.25, 0.3) is 0 Å². The van der Waals surface area contributed by atoms with Gasteiger partial charge in [-0.05, 0) is 13.3 Å². The van der Waals surface area contributed by atoms with Crippen LogP contribution in [0.25, 0.3) is 0 Å². The number of carbonyl (C=O) groups is 1. The fourth-order valence-electron chi connectivity index (χ4n) is 1.83. The Hall–Kier alpha value is -0.730. The minimum absolute atomic E-state index is 0.131. The normalized spacial score (nSPS) is 18.4. The topological polar surface area (TPSA) is 29.5 Å². The zero-order chi connectivity index (χ0) is 10.4. The summed E-state index contributed by atoms with van der Waals surface area (Å²) >= 11 is 0. The molecule has 1 saturated heterocycles. The first-order valence-corrected chi connectivity index (χ1v) is 5.69. The van der Waals surface area contributed by atoms with Gasteiger partial charge in [0.2, 0.25) is 0 Å². The van der Waals surface area contributed by atoms with Gasteiger partial charge in [0.1, 0.15) is 6.61 Å². The third kappa shape index (κ3) is 3.20. The maximum Gasteiger partial charge on any atom is 0.410 e. The highest BCUT2D eigenvalue weighted by Crippen LogP contribution is 2.14. The fraction of sp³-hybridized carbons (Fsp3) is 0.909. The van der Waals surface area contributed by atoms with E-state index in [2.05, 4.69) is 13.8 Å². The third-order valence-corrected chi connectivity index (χ3v) is 2.80. The van der Waals surface area contributed by atoms with Crippen LogP contribution >= 0.6 is 0 Å². The molecule has 0 saturated carbocycles. The smallest absolute Gasteiger partial charge is 0.410 e. The van der Waals surface area contributed by atoms with Crippen molar-refractivity contribution < 1.29 is 9.53 Å². The van der Waals surface area contributed by atoms with Crippen molar-refractivity contribution in [1.82, 2.24) is 4.90 Å². The Morgan fingerprint density at radius 3 is 2.79 bits per heavy atom. The average Bonchev–Trinajstić information content (AvgIpc) is 2.59. The molecule has 0 aromatic carbocycles. The number of ether oxygens (including phenoxy) is 1. The van der Waals surface area contributed by atoms with Crippen LogP contribution in [0.2, 0.25) is 0 Å². The Morgan fingerprint density at radius 1 is 1.43 bits per heavy atom. The summed E-state index contributed by atoms with van der Waals surface area (Å²) in [6.45, 7) is 5.66. The number of hydrogen-bond acceptors (Lipinski definition) is 2. The van der Waals surface area contributed by atoms with Crippen molar-refractivity contribution in [3.05, 3.63) is 0 Å². The number of carbonyl (C=O) groups excluding carboxylic acids is 1. The molecule has 1 fully saturated rings. The summed E-state index contributed by atoms with van der Waals surface area (Å²) < 4.78 is 4.90. The molecule has 1 aliphatic heterocycles. The standard InChI is InChI=1S/C11H21NO2/c1-3-4-5-6-7-10(2)12-8-9-14-11(12)13/h10H,3-9H2,1-2H3. The molecular weight excluding hydrogens is 178 g/mol. The number of nitrogens with zero attached hydrogens (tertiary/aromatic N) is 1. The monoisotopic (exact) mass is 199 g/mol. The second-order valence-electron chi connectivity index (χ2n) is 4.01. The van der Waals surface area contributed by atoms with E-state index in [1.54, 1.807) is 0 Å². The quantitative estimate of drug-likeness (QED) is 0.616. The summed E-state index contributed by atoms with van der Waals surface area (Å²) in [6, 6.07) is 0.349. The summed E-state index contributed by atoms with van der Waals surface area (Å²) in [5.41, 5.74) is 0. The van der Waals surface area contributed by atoms with E-state index in [0.717, 1.165) is 13.0 Å². The van der Waals surface area contributed by atoms with E-state index < -0.39 is 0 Å². The molecule has 0 aromatic heterocycles. The zero-order valence-electron chi connectivity index (χ0n) is 9.29. The number of rotatable bonds is 6. The molecule has 1 rings (SSSR count). The Labute approximate surface area is 86.4 Å². The fourth-order valence-corrected chi connectivity index (χ4v) is 1.83. The van der Waals surface area contributed by atoms with Crippen LogP contribution in [0.15, 0.2) is 0 Å². The first kappa shape index (κ1) is 11.3. The van der Waals surface area contributed by atoms with Gasteiger partial charge in [-0.25, -0.2) is 4.79 Å². The molecule has 3 nitrogen and oxygen atoms in total. The highest BCUT2D eigenvalue weighted by Gasteiger charge is 2.26. The minimum Gasteiger partial charge on any atom is -0.448 e. The lowest BCUT2D eigenvalue weighted by molar-refractivity contribution is 0.148. The van der Waals surface area contributed by atoms with E-state index >= 15 is 0 Å². The van der Waals surface area contributed by atoms with E-state index in [1.165, 1.54) is 25.7 Å². The number of unbranched alkanes of at least 4 members (excludes halogenated alkanes) is 3. The largest absolute Gasteiger partial charge is 0.448 e. The van der Waals surface area contributed by atoms with Crippen LogP contribution in [-0.2, 0) is 4.74 Å². The van der Waals surface area contributed by atoms with Gasteiger partial charge in [-0.1, -0.05) is 32.6 Å². The molecule has 0 aliphatic carbocycles. The molecule has 0 aromatic rings. The second kappa shape index (κ2) is 5.89. The molecule has 14 heavy (non-hydrogen) atoms.